The van der Waals surface area contributed by atoms with Gasteiger partial charge in [-0.1, -0.05) is 12.1 Å². The van der Waals surface area contributed by atoms with E-state index in [4.69, 9.17) is 0 Å². The minimum absolute atomic E-state index is 0.00459. The predicted octanol–water partition coefficient (Wildman–Crippen LogP) is 2.64. The van der Waals surface area contributed by atoms with Gasteiger partial charge in [0.1, 0.15) is 0 Å². The third kappa shape index (κ3) is 3.78. The SMILES string of the molecule is Cc1ccc(C)c(NC(=O)[C@@H]2CCCN(C(=O)N(C)C)C2)c1. The minimum atomic E-state index is -0.141. The van der Waals surface area contributed by atoms with Gasteiger partial charge in [0, 0.05) is 32.9 Å². The second kappa shape index (κ2) is 6.81. The average Bonchev–Trinajstić information content (AvgIpc) is 2.50. The summed E-state index contributed by atoms with van der Waals surface area (Å²) in [7, 11) is 3.48. The first kappa shape index (κ1) is 16.3. The number of aryl methyl sites for hydroxylation is 2. The molecule has 1 saturated heterocycles. The number of hydrogen-bond donors (Lipinski definition) is 1. The molecule has 0 spiro atoms. The molecule has 22 heavy (non-hydrogen) atoms. The second-order valence-corrected chi connectivity index (χ2v) is 6.27. The number of nitrogens with zero attached hydrogens (tertiary/aromatic N) is 2. The van der Waals surface area contributed by atoms with Gasteiger partial charge in [-0.2, -0.15) is 0 Å². The van der Waals surface area contributed by atoms with Crippen LogP contribution in [-0.2, 0) is 4.79 Å². The number of benzene rings is 1. The van der Waals surface area contributed by atoms with Crippen molar-refractivity contribution < 1.29 is 9.59 Å². The number of piperidine rings is 1. The fourth-order valence-electron chi connectivity index (χ4n) is 2.75. The maximum Gasteiger partial charge on any atom is 0.319 e. The molecule has 3 amide bonds. The molecule has 2 rings (SSSR count). The lowest BCUT2D eigenvalue weighted by Gasteiger charge is -2.33. The van der Waals surface area contributed by atoms with E-state index in [0.29, 0.717) is 6.54 Å². The predicted molar refractivity (Wildman–Crippen MR) is 87.9 cm³/mol. The molecule has 120 valence electrons. The molecule has 0 aromatic heterocycles. The summed E-state index contributed by atoms with van der Waals surface area (Å²) in [6.45, 7) is 5.21. The van der Waals surface area contributed by atoms with Gasteiger partial charge in [-0.15, -0.1) is 0 Å². The molecule has 1 atom stereocenters. The van der Waals surface area contributed by atoms with Gasteiger partial charge in [0.2, 0.25) is 5.91 Å². The van der Waals surface area contributed by atoms with Gasteiger partial charge in [-0.3, -0.25) is 4.79 Å². The summed E-state index contributed by atoms with van der Waals surface area (Å²) >= 11 is 0. The monoisotopic (exact) mass is 303 g/mol. The zero-order valence-electron chi connectivity index (χ0n) is 13.8. The number of carbonyl (C=O) groups excluding carboxylic acids is 2. The summed E-state index contributed by atoms with van der Waals surface area (Å²) in [6.07, 6.45) is 1.69. The van der Waals surface area contributed by atoms with Crippen molar-refractivity contribution in [1.29, 1.82) is 0 Å². The highest BCUT2D eigenvalue weighted by atomic mass is 16.2. The van der Waals surface area contributed by atoms with E-state index in [1.807, 2.05) is 32.0 Å². The topological polar surface area (TPSA) is 52.7 Å². The molecule has 0 radical (unpaired) electrons. The van der Waals surface area contributed by atoms with Crippen LogP contribution in [0.15, 0.2) is 18.2 Å². The number of carbonyl (C=O) groups is 2. The quantitative estimate of drug-likeness (QED) is 0.913. The molecule has 0 aliphatic carbocycles. The molecule has 0 unspecified atom stereocenters. The summed E-state index contributed by atoms with van der Waals surface area (Å²) in [6, 6.07) is 6.00. The third-order valence-electron chi connectivity index (χ3n) is 4.10. The van der Waals surface area contributed by atoms with Gasteiger partial charge in [0.05, 0.1) is 5.92 Å². The summed E-state index contributed by atoms with van der Waals surface area (Å²) in [5.74, 6) is -0.137. The molecule has 1 N–H and O–H groups in total. The summed E-state index contributed by atoms with van der Waals surface area (Å²) < 4.78 is 0. The van der Waals surface area contributed by atoms with Crippen LogP contribution in [0.4, 0.5) is 10.5 Å². The van der Waals surface area contributed by atoms with E-state index in [2.05, 4.69) is 5.32 Å². The van der Waals surface area contributed by atoms with Crippen LogP contribution in [-0.4, -0.2) is 48.9 Å². The molecule has 1 aliphatic heterocycles. The van der Waals surface area contributed by atoms with Crippen molar-refractivity contribution in [1.82, 2.24) is 9.80 Å². The van der Waals surface area contributed by atoms with Crippen molar-refractivity contribution >= 4 is 17.6 Å². The van der Waals surface area contributed by atoms with E-state index >= 15 is 0 Å². The number of hydrogen-bond acceptors (Lipinski definition) is 2. The van der Waals surface area contributed by atoms with Crippen molar-refractivity contribution in [3.8, 4) is 0 Å². The molecular formula is C17H25N3O2. The normalized spacial score (nSPS) is 18.0. The molecule has 1 aliphatic rings. The van der Waals surface area contributed by atoms with Crippen LogP contribution in [0.1, 0.15) is 24.0 Å². The van der Waals surface area contributed by atoms with E-state index in [9.17, 15) is 9.59 Å². The lowest BCUT2D eigenvalue weighted by molar-refractivity contribution is -0.121. The Balaban J connectivity index is 2.03. The first-order valence-electron chi connectivity index (χ1n) is 7.73. The first-order chi connectivity index (χ1) is 10.4. The Morgan fingerprint density at radius 1 is 1.27 bits per heavy atom. The van der Waals surface area contributed by atoms with Crippen molar-refractivity contribution in [3.63, 3.8) is 0 Å². The van der Waals surface area contributed by atoms with Gasteiger partial charge in [-0.05, 0) is 43.9 Å². The van der Waals surface area contributed by atoms with Gasteiger partial charge >= 0.3 is 6.03 Å². The first-order valence-corrected chi connectivity index (χ1v) is 7.73. The summed E-state index contributed by atoms with van der Waals surface area (Å²) in [5.41, 5.74) is 3.03. The Hall–Kier alpha value is -2.04. The molecular weight excluding hydrogens is 278 g/mol. The smallest absolute Gasteiger partial charge is 0.319 e. The molecule has 5 nitrogen and oxygen atoms in total. The van der Waals surface area contributed by atoms with E-state index in [1.54, 1.807) is 23.9 Å². The standard InChI is InChI=1S/C17H25N3O2/c1-12-7-8-13(2)15(10-12)18-16(21)14-6-5-9-20(11-14)17(22)19(3)4/h7-8,10,14H,5-6,9,11H2,1-4H3,(H,18,21)/t14-/m1/s1. The maximum absolute atomic E-state index is 12.5. The second-order valence-electron chi connectivity index (χ2n) is 6.27. The molecule has 5 heteroatoms. The van der Waals surface area contributed by atoms with Crippen molar-refractivity contribution in [3.05, 3.63) is 29.3 Å². The van der Waals surface area contributed by atoms with Crippen LogP contribution >= 0.6 is 0 Å². The largest absolute Gasteiger partial charge is 0.331 e. The molecule has 1 aromatic carbocycles. The Labute approximate surface area is 132 Å². The number of likely N-dealkylation sites (tertiary alicyclic amines) is 1. The number of urea groups is 1. The Bertz CT molecular complexity index is 569. The fraction of sp³-hybridized carbons (Fsp3) is 0.529. The van der Waals surface area contributed by atoms with Gasteiger partial charge in [0.15, 0.2) is 0 Å². The van der Waals surface area contributed by atoms with E-state index in [0.717, 1.165) is 36.2 Å². The number of rotatable bonds is 2. The molecule has 1 fully saturated rings. The van der Waals surface area contributed by atoms with Crippen LogP contribution in [0.5, 0.6) is 0 Å². The average molecular weight is 303 g/mol. The highest BCUT2D eigenvalue weighted by Crippen LogP contribution is 2.22. The zero-order chi connectivity index (χ0) is 16.3. The molecule has 1 aromatic rings. The number of nitrogens with one attached hydrogen (secondary N) is 1. The van der Waals surface area contributed by atoms with Crippen LogP contribution in [0.2, 0.25) is 0 Å². The van der Waals surface area contributed by atoms with Crippen molar-refractivity contribution in [2.45, 2.75) is 26.7 Å². The Morgan fingerprint density at radius 2 is 2.00 bits per heavy atom. The molecule has 0 bridgehead atoms. The molecule has 0 saturated carbocycles. The van der Waals surface area contributed by atoms with Crippen molar-refractivity contribution in [2.75, 3.05) is 32.5 Å². The van der Waals surface area contributed by atoms with Gasteiger partial charge < -0.3 is 15.1 Å². The van der Waals surface area contributed by atoms with Crippen molar-refractivity contribution in [2.24, 2.45) is 5.92 Å². The lowest BCUT2D eigenvalue weighted by Crippen LogP contribution is -2.47. The summed E-state index contributed by atoms with van der Waals surface area (Å²) in [4.78, 5) is 27.9. The fourth-order valence-corrected chi connectivity index (χ4v) is 2.75. The van der Waals surface area contributed by atoms with Crippen LogP contribution in [0.3, 0.4) is 0 Å². The van der Waals surface area contributed by atoms with Crippen LogP contribution < -0.4 is 5.32 Å². The van der Waals surface area contributed by atoms with Crippen LogP contribution in [0, 0.1) is 19.8 Å². The molecule has 1 heterocycles. The van der Waals surface area contributed by atoms with Gasteiger partial charge in [0.25, 0.3) is 0 Å². The lowest BCUT2D eigenvalue weighted by atomic mass is 9.97. The highest BCUT2D eigenvalue weighted by molar-refractivity contribution is 5.93. The van der Waals surface area contributed by atoms with E-state index in [-0.39, 0.29) is 17.9 Å². The maximum atomic E-state index is 12.5. The number of anilines is 1. The third-order valence-corrected chi connectivity index (χ3v) is 4.10. The summed E-state index contributed by atoms with van der Waals surface area (Å²) in [5, 5.41) is 3.02. The van der Waals surface area contributed by atoms with Gasteiger partial charge in [-0.25, -0.2) is 4.79 Å². The number of amides is 3. The van der Waals surface area contributed by atoms with Crippen LogP contribution in [0.25, 0.3) is 0 Å². The highest BCUT2D eigenvalue weighted by Gasteiger charge is 2.29. The van der Waals surface area contributed by atoms with E-state index in [1.165, 1.54) is 0 Å². The Morgan fingerprint density at radius 3 is 2.68 bits per heavy atom. The minimum Gasteiger partial charge on any atom is -0.331 e. The Kier molecular flexibility index (Phi) is 5.06. The zero-order valence-corrected chi connectivity index (χ0v) is 13.8. The van der Waals surface area contributed by atoms with E-state index < -0.39 is 0 Å².